The summed E-state index contributed by atoms with van der Waals surface area (Å²) in [5.74, 6) is 2.42. The van der Waals surface area contributed by atoms with Crippen molar-refractivity contribution in [2.24, 2.45) is 0 Å². The highest BCUT2D eigenvalue weighted by molar-refractivity contribution is 5.77. The van der Waals surface area contributed by atoms with Gasteiger partial charge in [-0.3, -0.25) is 4.79 Å². The van der Waals surface area contributed by atoms with Gasteiger partial charge in [0.25, 0.3) is 5.91 Å². The predicted molar refractivity (Wildman–Crippen MR) is 125 cm³/mol. The minimum absolute atomic E-state index is 0.0132. The highest BCUT2D eigenvalue weighted by Gasteiger charge is 2.11. The fourth-order valence-electron chi connectivity index (χ4n) is 3.53. The SMILES string of the molecule is O=C(COc1ccccc1)NCCCc1nc2ccccc2n1CCOc1ccccc1. The molecular weight excluding hydrogens is 402 g/mol. The molecule has 1 heterocycles. The van der Waals surface area contributed by atoms with Gasteiger partial charge in [0, 0.05) is 13.0 Å². The van der Waals surface area contributed by atoms with Crippen LogP contribution in [-0.4, -0.2) is 35.2 Å². The van der Waals surface area contributed by atoms with Crippen LogP contribution in [-0.2, 0) is 17.8 Å². The van der Waals surface area contributed by atoms with Gasteiger partial charge in [-0.15, -0.1) is 0 Å². The molecule has 164 valence electrons. The van der Waals surface area contributed by atoms with Gasteiger partial charge in [-0.25, -0.2) is 4.98 Å². The molecule has 0 aliphatic heterocycles. The third-order valence-electron chi connectivity index (χ3n) is 5.07. The van der Waals surface area contributed by atoms with Crippen molar-refractivity contribution in [2.45, 2.75) is 19.4 Å². The van der Waals surface area contributed by atoms with Crippen molar-refractivity contribution in [3.63, 3.8) is 0 Å². The Balaban J connectivity index is 1.28. The van der Waals surface area contributed by atoms with Gasteiger partial charge in [-0.1, -0.05) is 48.5 Å². The van der Waals surface area contributed by atoms with E-state index in [1.54, 1.807) is 0 Å². The van der Waals surface area contributed by atoms with Crippen LogP contribution in [0, 0.1) is 0 Å². The summed E-state index contributed by atoms with van der Waals surface area (Å²) in [6.45, 7) is 1.85. The average molecular weight is 430 g/mol. The lowest BCUT2D eigenvalue weighted by Crippen LogP contribution is -2.30. The van der Waals surface area contributed by atoms with E-state index >= 15 is 0 Å². The minimum atomic E-state index is -0.126. The number of fused-ring (bicyclic) bond motifs is 1. The minimum Gasteiger partial charge on any atom is -0.492 e. The lowest BCUT2D eigenvalue weighted by atomic mass is 10.3. The lowest BCUT2D eigenvalue weighted by Gasteiger charge is -2.11. The fraction of sp³-hybridized carbons (Fsp3) is 0.231. The van der Waals surface area contributed by atoms with Crippen molar-refractivity contribution in [2.75, 3.05) is 19.8 Å². The second kappa shape index (κ2) is 11.0. The summed E-state index contributed by atoms with van der Waals surface area (Å²) in [7, 11) is 0. The summed E-state index contributed by atoms with van der Waals surface area (Å²) in [6.07, 6.45) is 1.56. The van der Waals surface area contributed by atoms with Crippen molar-refractivity contribution in [1.82, 2.24) is 14.9 Å². The maximum atomic E-state index is 12.0. The first-order valence-corrected chi connectivity index (χ1v) is 10.9. The first kappa shape index (κ1) is 21.4. The highest BCUT2D eigenvalue weighted by atomic mass is 16.5. The molecule has 0 unspecified atom stereocenters. The van der Waals surface area contributed by atoms with Gasteiger partial charge in [0.05, 0.1) is 17.6 Å². The molecular formula is C26H27N3O3. The number of hydrogen-bond acceptors (Lipinski definition) is 4. The monoisotopic (exact) mass is 429 g/mol. The first-order chi connectivity index (χ1) is 15.8. The molecule has 4 rings (SSSR count). The molecule has 6 nitrogen and oxygen atoms in total. The Morgan fingerprint density at radius 1 is 0.844 bits per heavy atom. The molecule has 0 fully saturated rings. The van der Waals surface area contributed by atoms with Crippen LogP contribution in [0.2, 0.25) is 0 Å². The number of carbonyl (C=O) groups is 1. The first-order valence-electron chi connectivity index (χ1n) is 10.9. The maximum absolute atomic E-state index is 12.0. The third-order valence-corrected chi connectivity index (χ3v) is 5.07. The number of para-hydroxylation sites is 4. The van der Waals surface area contributed by atoms with E-state index in [9.17, 15) is 4.79 Å². The summed E-state index contributed by atoms with van der Waals surface area (Å²) < 4.78 is 13.6. The molecule has 6 heteroatoms. The molecule has 0 saturated heterocycles. The number of imidazole rings is 1. The van der Waals surface area contributed by atoms with Crippen LogP contribution >= 0.6 is 0 Å². The van der Waals surface area contributed by atoms with Crippen molar-refractivity contribution < 1.29 is 14.3 Å². The van der Waals surface area contributed by atoms with Gasteiger partial charge < -0.3 is 19.4 Å². The molecule has 0 radical (unpaired) electrons. The third kappa shape index (κ3) is 5.88. The number of ether oxygens (including phenoxy) is 2. The van der Waals surface area contributed by atoms with E-state index in [4.69, 9.17) is 14.5 Å². The number of nitrogens with zero attached hydrogens (tertiary/aromatic N) is 2. The van der Waals surface area contributed by atoms with E-state index in [1.165, 1.54) is 0 Å². The number of rotatable bonds is 11. The van der Waals surface area contributed by atoms with E-state index < -0.39 is 0 Å². The molecule has 1 aromatic heterocycles. The number of carbonyl (C=O) groups excluding carboxylic acids is 1. The van der Waals surface area contributed by atoms with Crippen LogP contribution in [0.1, 0.15) is 12.2 Å². The molecule has 3 aromatic carbocycles. The molecule has 1 N–H and O–H groups in total. The number of nitrogens with one attached hydrogen (secondary N) is 1. The summed E-state index contributed by atoms with van der Waals surface area (Å²) in [5, 5.41) is 2.92. The molecule has 0 spiro atoms. The molecule has 32 heavy (non-hydrogen) atoms. The topological polar surface area (TPSA) is 65.4 Å². The zero-order chi connectivity index (χ0) is 22.0. The van der Waals surface area contributed by atoms with Crippen molar-refractivity contribution in [3.05, 3.63) is 90.8 Å². The number of hydrogen-bond donors (Lipinski definition) is 1. The van der Waals surface area contributed by atoms with Crippen LogP contribution in [0.3, 0.4) is 0 Å². The summed E-state index contributed by atoms with van der Waals surface area (Å²) in [6, 6.07) is 27.3. The van der Waals surface area contributed by atoms with Crippen LogP contribution in [0.4, 0.5) is 0 Å². The zero-order valence-electron chi connectivity index (χ0n) is 17.9. The molecule has 0 aliphatic carbocycles. The van der Waals surface area contributed by atoms with Crippen LogP contribution < -0.4 is 14.8 Å². The fourth-order valence-corrected chi connectivity index (χ4v) is 3.53. The number of aromatic nitrogens is 2. The Bertz CT molecular complexity index is 1130. The average Bonchev–Trinajstić information content (AvgIpc) is 3.19. The van der Waals surface area contributed by atoms with Gasteiger partial charge in [-0.2, -0.15) is 0 Å². The highest BCUT2D eigenvalue weighted by Crippen LogP contribution is 2.18. The molecule has 0 saturated carbocycles. The Morgan fingerprint density at radius 3 is 2.25 bits per heavy atom. The lowest BCUT2D eigenvalue weighted by molar-refractivity contribution is -0.123. The zero-order valence-corrected chi connectivity index (χ0v) is 17.9. The summed E-state index contributed by atoms with van der Waals surface area (Å²) in [5.41, 5.74) is 2.07. The Kier molecular flexibility index (Phi) is 7.37. The molecule has 0 aliphatic rings. The summed E-state index contributed by atoms with van der Waals surface area (Å²) >= 11 is 0. The molecule has 4 aromatic rings. The normalized spacial score (nSPS) is 10.8. The predicted octanol–water partition coefficient (Wildman–Crippen LogP) is 4.24. The molecule has 0 atom stereocenters. The van der Waals surface area contributed by atoms with E-state index in [1.807, 2.05) is 78.9 Å². The second-order valence-corrected chi connectivity index (χ2v) is 7.39. The standard InChI is InChI=1S/C26H27N3O3/c30-26(20-32-22-12-5-2-6-13-22)27-17-9-16-25-28-23-14-7-8-15-24(23)29(25)18-19-31-21-10-3-1-4-11-21/h1-8,10-15H,9,16-20H2,(H,27,30). The van der Waals surface area contributed by atoms with Gasteiger partial charge >= 0.3 is 0 Å². The van der Waals surface area contributed by atoms with E-state index in [0.29, 0.717) is 25.4 Å². The van der Waals surface area contributed by atoms with Crippen molar-refractivity contribution in [3.8, 4) is 11.5 Å². The smallest absolute Gasteiger partial charge is 0.257 e. The summed E-state index contributed by atoms with van der Waals surface area (Å²) in [4.78, 5) is 16.8. The Morgan fingerprint density at radius 2 is 1.50 bits per heavy atom. The Hall–Kier alpha value is -3.80. The van der Waals surface area contributed by atoms with E-state index in [0.717, 1.165) is 35.4 Å². The van der Waals surface area contributed by atoms with Gasteiger partial charge in [0.1, 0.15) is 23.9 Å². The van der Waals surface area contributed by atoms with Crippen molar-refractivity contribution >= 4 is 16.9 Å². The maximum Gasteiger partial charge on any atom is 0.257 e. The number of amides is 1. The molecule has 1 amide bonds. The van der Waals surface area contributed by atoms with Crippen LogP contribution in [0.25, 0.3) is 11.0 Å². The van der Waals surface area contributed by atoms with Gasteiger partial charge in [0.15, 0.2) is 6.61 Å². The van der Waals surface area contributed by atoms with Gasteiger partial charge in [0.2, 0.25) is 0 Å². The van der Waals surface area contributed by atoms with Crippen LogP contribution in [0.15, 0.2) is 84.9 Å². The molecule has 0 bridgehead atoms. The second-order valence-electron chi connectivity index (χ2n) is 7.39. The van der Waals surface area contributed by atoms with E-state index in [2.05, 4.69) is 16.0 Å². The number of benzene rings is 3. The largest absolute Gasteiger partial charge is 0.492 e. The Labute approximate surface area is 187 Å². The van der Waals surface area contributed by atoms with Gasteiger partial charge in [-0.05, 0) is 42.8 Å². The quantitative estimate of drug-likeness (QED) is 0.362. The van der Waals surface area contributed by atoms with Crippen molar-refractivity contribution in [1.29, 1.82) is 0 Å². The van der Waals surface area contributed by atoms with Crippen LogP contribution in [0.5, 0.6) is 11.5 Å². The van der Waals surface area contributed by atoms with E-state index in [-0.39, 0.29) is 12.5 Å². The number of aryl methyl sites for hydroxylation is 1.